The van der Waals surface area contributed by atoms with Gasteiger partial charge in [-0.1, -0.05) is 47.7 Å². The first-order chi connectivity index (χ1) is 16.8. The summed E-state index contributed by atoms with van der Waals surface area (Å²) < 4.78 is 12.4. The topological polar surface area (TPSA) is 68.2 Å². The molecule has 0 saturated carbocycles. The quantitative estimate of drug-likeness (QED) is 0.251. The monoisotopic (exact) mass is 576 g/mol. The van der Waals surface area contributed by atoms with Crippen LogP contribution in [-0.4, -0.2) is 62.1 Å². The number of ether oxygens (including phenoxy) is 2. The van der Waals surface area contributed by atoms with E-state index >= 15 is 0 Å². The van der Waals surface area contributed by atoms with Crippen LogP contribution in [0.15, 0.2) is 45.9 Å². The third kappa shape index (κ3) is 8.03. The zero-order valence-electron chi connectivity index (χ0n) is 22.6. The van der Waals surface area contributed by atoms with E-state index in [1.807, 2.05) is 50.0 Å². The van der Waals surface area contributed by atoms with Gasteiger partial charge in [-0.15, -0.1) is 0 Å². The molecule has 0 radical (unpaired) electrons. The molecule has 198 valence electrons. The lowest BCUT2D eigenvalue weighted by atomic mass is 9.73. The molecule has 0 spiro atoms. The van der Waals surface area contributed by atoms with Crippen LogP contribution in [0.5, 0.6) is 0 Å². The van der Waals surface area contributed by atoms with Crippen molar-refractivity contribution >= 4 is 42.3 Å². The number of benzene rings is 1. The van der Waals surface area contributed by atoms with Gasteiger partial charge in [0.1, 0.15) is 5.60 Å². The van der Waals surface area contributed by atoms with Crippen LogP contribution in [0.3, 0.4) is 0 Å². The van der Waals surface area contributed by atoms with E-state index in [0.717, 1.165) is 23.4 Å². The van der Waals surface area contributed by atoms with Crippen LogP contribution in [-0.2, 0) is 14.3 Å². The fourth-order valence-corrected chi connectivity index (χ4v) is 5.71. The number of aliphatic imine (C=N–C) groups is 1. The Morgan fingerprint density at radius 1 is 1.17 bits per heavy atom. The number of carbonyl (C=O) groups is 2. The Bertz CT molecular complexity index is 959. The first-order valence-electron chi connectivity index (χ1n) is 12.9. The lowest BCUT2D eigenvalue weighted by Gasteiger charge is -2.38. The number of nitrogens with zero attached hydrogens (tertiary/aromatic N) is 2. The van der Waals surface area contributed by atoms with Crippen molar-refractivity contribution in [3.8, 4) is 0 Å². The number of hydrogen-bond acceptors (Lipinski definition) is 5. The Morgan fingerprint density at radius 2 is 1.81 bits per heavy atom. The predicted molar refractivity (Wildman–Crippen MR) is 152 cm³/mol. The first-order valence-corrected chi connectivity index (χ1v) is 17.4. The van der Waals surface area contributed by atoms with Crippen molar-refractivity contribution in [1.29, 1.82) is 0 Å². The van der Waals surface area contributed by atoms with Crippen molar-refractivity contribution in [1.82, 2.24) is 4.90 Å². The molecule has 3 rings (SSSR count). The number of carbonyl (C=O) groups excluding carboxylic acids is 2. The summed E-state index contributed by atoms with van der Waals surface area (Å²) in [5.74, 6) is 0.0850. The number of allylic oxidation sites excluding steroid dienone is 1. The maximum atomic E-state index is 13.3. The van der Waals surface area contributed by atoms with Crippen LogP contribution >= 0.6 is 15.9 Å². The largest absolute Gasteiger partial charge is 0.458 e. The second kappa shape index (κ2) is 11.6. The fraction of sp³-hybridized carbons (Fsp3) is 0.607. The van der Waals surface area contributed by atoms with Crippen molar-refractivity contribution < 1.29 is 19.1 Å². The Kier molecular flexibility index (Phi) is 9.25. The van der Waals surface area contributed by atoms with Gasteiger partial charge >= 0.3 is 12.1 Å². The van der Waals surface area contributed by atoms with E-state index in [9.17, 15) is 9.59 Å². The molecule has 0 aliphatic carbocycles. The molecule has 1 amide bonds. The van der Waals surface area contributed by atoms with E-state index in [1.165, 1.54) is 5.56 Å². The molecule has 1 aromatic rings. The minimum absolute atomic E-state index is 0.0931. The van der Waals surface area contributed by atoms with Crippen LogP contribution in [0.1, 0.15) is 51.5 Å². The number of rotatable bonds is 8. The van der Waals surface area contributed by atoms with Crippen LogP contribution in [0.2, 0.25) is 25.7 Å². The summed E-state index contributed by atoms with van der Waals surface area (Å²) in [7, 11) is -1.24. The van der Waals surface area contributed by atoms with Crippen molar-refractivity contribution in [3.63, 3.8) is 0 Å². The smallest absolute Gasteiger partial charge is 0.409 e. The van der Waals surface area contributed by atoms with Gasteiger partial charge in [0.2, 0.25) is 0 Å². The molecular weight excluding hydrogens is 536 g/mol. The van der Waals surface area contributed by atoms with Crippen molar-refractivity contribution in [2.45, 2.75) is 82.8 Å². The van der Waals surface area contributed by atoms with Gasteiger partial charge in [0.15, 0.2) is 5.54 Å². The maximum Gasteiger partial charge on any atom is 0.409 e. The van der Waals surface area contributed by atoms with Gasteiger partial charge in [-0.3, -0.25) is 4.99 Å². The Labute approximate surface area is 225 Å². The summed E-state index contributed by atoms with van der Waals surface area (Å²) in [6.45, 7) is 14.3. The van der Waals surface area contributed by atoms with Crippen molar-refractivity contribution in [2.75, 3.05) is 19.7 Å². The number of esters is 1. The van der Waals surface area contributed by atoms with E-state index in [2.05, 4.69) is 52.7 Å². The minimum atomic E-state index is -1.24. The number of hydrogen-bond donors (Lipinski definition) is 0. The molecule has 2 aliphatic rings. The highest BCUT2D eigenvalue weighted by Crippen LogP contribution is 2.42. The summed E-state index contributed by atoms with van der Waals surface area (Å²) in [6.07, 6.45) is 7.42. The molecule has 1 aromatic carbocycles. The second-order valence-corrected chi connectivity index (χ2v) is 18.7. The van der Waals surface area contributed by atoms with Gasteiger partial charge in [-0.05, 0) is 87.8 Å². The van der Waals surface area contributed by atoms with Gasteiger partial charge < -0.3 is 14.4 Å². The normalized spacial score (nSPS) is 21.5. The average Bonchev–Trinajstić information content (AvgIpc) is 3.26. The summed E-state index contributed by atoms with van der Waals surface area (Å²) in [5.41, 5.74) is -0.449. The van der Waals surface area contributed by atoms with Gasteiger partial charge in [-0.25, -0.2) is 9.59 Å². The van der Waals surface area contributed by atoms with Gasteiger partial charge in [0.05, 0.1) is 6.61 Å². The third-order valence-corrected chi connectivity index (χ3v) is 9.02. The highest BCUT2D eigenvalue weighted by Gasteiger charge is 2.44. The molecule has 2 unspecified atom stereocenters. The maximum absolute atomic E-state index is 13.3. The minimum Gasteiger partial charge on any atom is -0.458 e. The molecule has 2 atom stereocenters. The second-order valence-electron chi connectivity index (χ2n) is 12.2. The van der Waals surface area contributed by atoms with Gasteiger partial charge in [-0.2, -0.15) is 0 Å². The van der Waals surface area contributed by atoms with Crippen LogP contribution in [0, 0.1) is 5.92 Å². The molecule has 0 N–H and O–H groups in total. The highest BCUT2D eigenvalue weighted by molar-refractivity contribution is 9.10. The van der Waals surface area contributed by atoms with E-state index in [4.69, 9.17) is 9.47 Å². The summed E-state index contributed by atoms with van der Waals surface area (Å²) in [5, 5.41) is 0. The Hall–Kier alpha value is -1.93. The highest BCUT2D eigenvalue weighted by atomic mass is 79.9. The van der Waals surface area contributed by atoms with Gasteiger partial charge in [0.25, 0.3) is 0 Å². The Balaban J connectivity index is 1.74. The molecule has 2 heterocycles. The molecule has 6 nitrogen and oxygen atoms in total. The zero-order valence-corrected chi connectivity index (χ0v) is 25.1. The van der Waals surface area contributed by atoms with Gasteiger partial charge in [0, 0.05) is 31.9 Å². The van der Waals surface area contributed by atoms with Crippen LogP contribution in [0.25, 0.3) is 0 Å². The zero-order chi connectivity index (χ0) is 26.6. The molecule has 1 saturated heterocycles. The number of halogens is 1. The van der Waals surface area contributed by atoms with Crippen molar-refractivity contribution in [2.24, 2.45) is 10.9 Å². The molecule has 8 heteroatoms. The molecule has 2 aliphatic heterocycles. The number of likely N-dealkylation sites (tertiary alicyclic amines) is 1. The van der Waals surface area contributed by atoms with E-state index in [1.54, 1.807) is 6.21 Å². The molecular formula is C28H41BrN2O4Si. The number of amides is 1. The first kappa shape index (κ1) is 28.6. The lowest BCUT2D eigenvalue weighted by molar-refractivity contribution is -0.160. The molecule has 0 bridgehead atoms. The van der Waals surface area contributed by atoms with E-state index in [-0.39, 0.29) is 18.0 Å². The number of piperidine rings is 1. The van der Waals surface area contributed by atoms with Crippen LogP contribution < -0.4 is 0 Å². The summed E-state index contributed by atoms with van der Waals surface area (Å²) in [6, 6.07) is 9.30. The Morgan fingerprint density at radius 3 is 2.33 bits per heavy atom. The fourth-order valence-electron chi connectivity index (χ4n) is 4.73. The lowest BCUT2D eigenvalue weighted by Crippen LogP contribution is -2.44. The van der Waals surface area contributed by atoms with Crippen LogP contribution in [0.4, 0.5) is 4.79 Å². The summed E-state index contributed by atoms with van der Waals surface area (Å²) in [4.78, 5) is 32.4. The van der Waals surface area contributed by atoms with E-state index < -0.39 is 19.2 Å². The predicted octanol–water partition coefficient (Wildman–Crippen LogP) is 6.83. The van der Waals surface area contributed by atoms with Crippen molar-refractivity contribution in [3.05, 3.63) is 46.5 Å². The summed E-state index contributed by atoms with van der Waals surface area (Å²) >= 11 is 3.54. The SMILES string of the molecule is CC(C)(C)OC(=O)C1(CC(c2ccc(Br)cc2)C2CCN(C(=O)OCC[Si](C)(C)C)CC2)C=CC=N1. The molecule has 0 aromatic heterocycles. The average molecular weight is 578 g/mol. The standard InChI is InChI=1S/C28H41BrN2O4Si/c1-27(2,3)35-25(32)28(14-7-15-30-28)20-24(21-8-10-23(29)11-9-21)22-12-16-31(17-13-22)26(33)34-18-19-36(4,5)6/h7-11,14-15,22,24H,12-13,16-20H2,1-6H3. The van der Waals surface area contributed by atoms with E-state index in [0.29, 0.717) is 32.0 Å². The molecule has 36 heavy (non-hydrogen) atoms. The third-order valence-electron chi connectivity index (χ3n) is 6.79. The molecule has 1 fully saturated rings.